The molecule has 3 heterocycles. The highest BCUT2D eigenvalue weighted by molar-refractivity contribution is 6.34. The summed E-state index contributed by atoms with van der Waals surface area (Å²) in [7, 11) is 1.83. The van der Waals surface area contributed by atoms with Gasteiger partial charge >= 0.3 is 0 Å². The molecule has 0 bridgehead atoms. The number of para-hydroxylation sites is 1. The van der Waals surface area contributed by atoms with Gasteiger partial charge in [0.1, 0.15) is 23.2 Å². The smallest absolute Gasteiger partial charge is 0.272 e. The summed E-state index contributed by atoms with van der Waals surface area (Å²) >= 11 is 6.33. The maximum absolute atomic E-state index is 14.3. The van der Waals surface area contributed by atoms with Crippen LogP contribution in [-0.2, 0) is 13.6 Å². The van der Waals surface area contributed by atoms with E-state index in [1.807, 2.05) is 25.2 Å². The van der Waals surface area contributed by atoms with Crippen molar-refractivity contribution in [1.82, 2.24) is 29.6 Å². The highest BCUT2D eigenvalue weighted by atomic mass is 35.5. The molecule has 2 N–H and O–H groups in total. The third-order valence-electron chi connectivity index (χ3n) is 5.76. The lowest BCUT2D eigenvalue weighted by Crippen LogP contribution is -2.24. The Morgan fingerprint density at radius 3 is 2.53 bits per heavy atom. The van der Waals surface area contributed by atoms with Gasteiger partial charge in [-0.15, -0.1) is 0 Å². The number of benzene rings is 2. The van der Waals surface area contributed by atoms with Crippen LogP contribution in [0.15, 0.2) is 85.3 Å². The minimum absolute atomic E-state index is 0.0915. The van der Waals surface area contributed by atoms with Gasteiger partial charge in [-0.25, -0.2) is 14.1 Å². The van der Waals surface area contributed by atoms with Crippen LogP contribution in [0.1, 0.15) is 26.7 Å². The van der Waals surface area contributed by atoms with Crippen LogP contribution in [0.25, 0.3) is 16.9 Å². The Hall–Kier alpha value is -4.83. The number of nitrogens with zero attached hydrogens (tertiary/aromatic N) is 5. The van der Waals surface area contributed by atoms with Gasteiger partial charge in [-0.1, -0.05) is 35.9 Å². The molecule has 3 aromatic heterocycles. The molecule has 5 aromatic rings. The molecule has 2 amide bonds. The Labute approximate surface area is 221 Å². The second kappa shape index (κ2) is 10.7. The first-order valence-electron chi connectivity index (χ1n) is 11.5. The number of halogens is 2. The number of aryl methyl sites for hydroxylation is 1. The van der Waals surface area contributed by atoms with Crippen LogP contribution in [0.5, 0.6) is 0 Å². The maximum Gasteiger partial charge on any atom is 0.272 e. The van der Waals surface area contributed by atoms with Gasteiger partial charge in [0.05, 0.1) is 22.8 Å². The number of rotatable bonds is 7. The normalized spacial score (nSPS) is 10.8. The monoisotopic (exact) mass is 529 g/mol. The van der Waals surface area contributed by atoms with E-state index in [9.17, 15) is 14.0 Å². The summed E-state index contributed by atoms with van der Waals surface area (Å²) in [6, 6.07) is 17.8. The standard InChI is InChI=1S/C27H21ClFN7O2/c1-35-13-12-30-24(35)16-32-27(38)22-15-23(36(34-22)18-6-3-2-4-7-18)33-26(37)19-14-17(9-10-20(19)28)25-21(29)8-5-11-31-25/h2-15H,16H2,1H3,(H,32,38)(H,33,37). The molecule has 0 radical (unpaired) electrons. The van der Waals surface area contributed by atoms with Crippen LogP contribution in [0.3, 0.4) is 0 Å². The highest BCUT2D eigenvalue weighted by Gasteiger charge is 2.20. The molecule has 11 heteroatoms. The Morgan fingerprint density at radius 1 is 0.974 bits per heavy atom. The summed E-state index contributed by atoms with van der Waals surface area (Å²) in [4.78, 5) is 34.5. The van der Waals surface area contributed by atoms with Gasteiger partial charge in [-0.05, 0) is 36.4 Å². The van der Waals surface area contributed by atoms with Gasteiger partial charge < -0.3 is 15.2 Å². The SMILES string of the molecule is Cn1ccnc1CNC(=O)c1cc(NC(=O)c2cc(-c3ncccc3F)ccc2Cl)n(-c2ccccc2)n1. The summed E-state index contributed by atoms with van der Waals surface area (Å²) in [6.45, 7) is 0.203. The molecule has 0 aliphatic rings. The van der Waals surface area contributed by atoms with Crippen LogP contribution in [0.2, 0.25) is 5.02 Å². The summed E-state index contributed by atoms with van der Waals surface area (Å²) in [6.07, 6.45) is 4.88. The first kappa shape index (κ1) is 24.8. The molecule has 0 unspecified atom stereocenters. The molecule has 5 rings (SSSR count). The van der Waals surface area contributed by atoms with E-state index < -0.39 is 17.6 Å². The number of amides is 2. The van der Waals surface area contributed by atoms with Crippen LogP contribution in [0.4, 0.5) is 10.2 Å². The number of imidazole rings is 1. The molecule has 9 nitrogen and oxygen atoms in total. The fourth-order valence-electron chi connectivity index (χ4n) is 3.79. The Kier molecular flexibility index (Phi) is 6.96. The molecule has 0 aliphatic carbocycles. The maximum atomic E-state index is 14.3. The van der Waals surface area contributed by atoms with Gasteiger partial charge in [0, 0.05) is 37.3 Å². The zero-order valence-electron chi connectivity index (χ0n) is 20.1. The van der Waals surface area contributed by atoms with E-state index >= 15 is 0 Å². The third kappa shape index (κ3) is 5.16. The first-order valence-corrected chi connectivity index (χ1v) is 11.9. The number of carbonyl (C=O) groups excluding carboxylic acids is 2. The number of pyridine rings is 1. The molecule has 0 saturated heterocycles. The number of hydrogen-bond acceptors (Lipinski definition) is 5. The van der Waals surface area contributed by atoms with Crippen LogP contribution < -0.4 is 10.6 Å². The number of hydrogen-bond donors (Lipinski definition) is 2. The van der Waals surface area contributed by atoms with E-state index in [4.69, 9.17) is 11.6 Å². The van der Waals surface area contributed by atoms with Gasteiger partial charge in [0.25, 0.3) is 11.8 Å². The lowest BCUT2D eigenvalue weighted by Gasteiger charge is -2.11. The first-order chi connectivity index (χ1) is 18.4. The van der Waals surface area contributed by atoms with Crippen molar-refractivity contribution in [2.24, 2.45) is 7.05 Å². The van der Waals surface area contributed by atoms with Crippen LogP contribution in [-0.4, -0.2) is 36.1 Å². The van der Waals surface area contributed by atoms with Crippen molar-refractivity contribution >= 4 is 29.2 Å². The zero-order chi connectivity index (χ0) is 26.6. The average molecular weight is 530 g/mol. The number of carbonyl (C=O) groups is 2. The summed E-state index contributed by atoms with van der Waals surface area (Å²) in [5, 5.41) is 10.2. The quantitative estimate of drug-likeness (QED) is 0.319. The molecular weight excluding hydrogens is 509 g/mol. The third-order valence-corrected chi connectivity index (χ3v) is 6.08. The molecular formula is C27H21ClFN7O2. The van der Waals surface area contributed by atoms with Crippen molar-refractivity contribution in [2.45, 2.75) is 6.54 Å². The summed E-state index contributed by atoms with van der Waals surface area (Å²) in [5.41, 5.74) is 1.31. The summed E-state index contributed by atoms with van der Waals surface area (Å²) < 4.78 is 17.5. The van der Waals surface area contributed by atoms with Gasteiger partial charge in [0.15, 0.2) is 5.69 Å². The van der Waals surface area contributed by atoms with Crippen molar-refractivity contribution < 1.29 is 14.0 Å². The van der Waals surface area contributed by atoms with Crippen molar-refractivity contribution in [1.29, 1.82) is 0 Å². The van der Waals surface area contributed by atoms with Crippen LogP contribution >= 0.6 is 11.6 Å². The second-order valence-electron chi connectivity index (χ2n) is 8.28. The second-order valence-corrected chi connectivity index (χ2v) is 8.69. The fraction of sp³-hybridized carbons (Fsp3) is 0.0741. The minimum atomic E-state index is -0.565. The highest BCUT2D eigenvalue weighted by Crippen LogP contribution is 2.27. The topological polar surface area (TPSA) is 107 Å². The molecule has 2 aromatic carbocycles. The largest absolute Gasteiger partial charge is 0.343 e. The van der Waals surface area contributed by atoms with Crippen molar-refractivity contribution in [3.8, 4) is 16.9 Å². The van der Waals surface area contributed by atoms with Gasteiger partial charge in [-0.3, -0.25) is 14.6 Å². The Morgan fingerprint density at radius 2 is 1.79 bits per heavy atom. The van der Waals surface area contributed by atoms with E-state index in [0.717, 1.165) is 0 Å². The van der Waals surface area contributed by atoms with Gasteiger partial charge in [-0.2, -0.15) is 5.10 Å². The van der Waals surface area contributed by atoms with E-state index in [1.165, 1.54) is 41.2 Å². The van der Waals surface area contributed by atoms with E-state index in [1.54, 1.807) is 35.2 Å². The number of anilines is 1. The Balaban J connectivity index is 1.44. The molecule has 190 valence electrons. The molecule has 38 heavy (non-hydrogen) atoms. The molecule has 0 saturated carbocycles. The van der Waals surface area contributed by atoms with E-state index in [0.29, 0.717) is 17.1 Å². The van der Waals surface area contributed by atoms with Crippen molar-refractivity contribution in [3.63, 3.8) is 0 Å². The molecule has 0 fully saturated rings. The molecule has 0 atom stereocenters. The average Bonchev–Trinajstić information content (AvgIpc) is 3.54. The minimum Gasteiger partial charge on any atom is -0.343 e. The number of aromatic nitrogens is 5. The van der Waals surface area contributed by atoms with E-state index in [2.05, 4.69) is 25.7 Å². The lowest BCUT2D eigenvalue weighted by molar-refractivity contribution is 0.0943. The van der Waals surface area contributed by atoms with Gasteiger partial charge in [0.2, 0.25) is 0 Å². The van der Waals surface area contributed by atoms with Crippen molar-refractivity contribution in [3.05, 3.63) is 113 Å². The molecule has 0 spiro atoms. The van der Waals surface area contributed by atoms with Crippen molar-refractivity contribution in [2.75, 3.05) is 5.32 Å². The number of nitrogens with one attached hydrogen (secondary N) is 2. The lowest BCUT2D eigenvalue weighted by atomic mass is 10.1. The fourth-order valence-corrected chi connectivity index (χ4v) is 4.00. The summed E-state index contributed by atoms with van der Waals surface area (Å²) in [5.74, 6) is -0.610. The zero-order valence-corrected chi connectivity index (χ0v) is 20.9. The Bertz CT molecular complexity index is 1630. The predicted octanol–water partition coefficient (Wildman–Crippen LogP) is 4.64. The predicted molar refractivity (Wildman–Crippen MR) is 141 cm³/mol. The van der Waals surface area contributed by atoms with Crippen LogP contribution in [0, 0.1) is 5.82 Å². The molecule has 0 aliphatic heterocycles. The van der Waals surface area contributed by atoms with E-state index in [-0.39, 0.29) is 34.3 Å².